The molecule has 1 rings (SSSR count). The smallest absolute Gasteiger partial charge is 0.139 e. The lowest BCUT2D eigenvalue weighted by molar-refractivity contribution is 0.576. The fourth-order valence-electron chi connectivity index (χ4n) is 2.15. The SMILES string of the molecule is CCCCCC1=CC=CC(CCCCC)[S+]1[O-]. The zero-order valence-corrected chi connectivity index (χ0v) is 12.1. The Morgan fingerprint density at radius 2 is 1.82 bits per heavy atom. The summed E-state index contributed by atoms with van der Waals surface area (Å²) >= 11 is -0.748. The highest BCUT2D eigenvalue weighted by Crippen LogP contribution is 2.27. The average Bonchev–Trinajstić information content (AvgIpc) is 2.34. The molecule has 0 N–H and O–H groups in total. The van der Waals surface area contributed by atoms with Crippen LogP contribution in [0.3, 0.4) is 0 Å². The van der Waals surface area contributed by atoms with E-state index in [1.807, 2.05) is 0 Å². The molecule has 1 nitrogen and oxygen atoms in total. The van der Waals surface area contributed by atoms with E-state index in [0.29, 0.717) is 0 Å². The van der Waals surface area contributed by atoms with Gasteiger partial charge >= 0.3 is 0 Å². The Kier molecular flexibility index (Phi) is 7.70. The lowest BCUT2D eigenvalue weighted by Gasteiger charge is -2.23. The Morgan fingerprint density at radius 3 is 2.53 bits per heavy atom. The highest BCUT2D eigenvalue weighted by Gasteiger charge is 2.25. The van der Waals surface area contributed by atoms with Gasteiger partial charge in [0.25, 0.3) is 0 Å². The van der Waals surface area contributed by atoms with E-state index in [-0.39, 0.29) is 5.25 Å². The Labute approximate surface area is 110 Å². The van der Waals surface area contributed by atoms with Crippen LogP contribution in [0.5, 0.6) is 0 Å². The Morgan fingerprint density at radius 1 is 1.12 bits per heavy atom. The highest BCUT2D eigenvalue weighted by molar-refractivity contribution is 7.96. The van der Waals surface area contributed by atoms with Gasteiger partial charge in [-0.15, -0.1) is 0 Å². The second-order valence-corrected chi connectivity index (χ2v) is 6.53. The molecule has 1 aliphatic rings. The van der Waals surface area contributed by atoms with E-state index in [9.17, 15) is 4.55 Å². The second-order valence-electron chi connectivity index (χ2n) is 4.81. The molecule has 17 heavy (non-hydrogen) atoms. The summed E-state index contributed by atoms with van der Waals surface area (Å²) in [6.07, 6.45) is 15.8. The standard InChI is InChI=1S/C15H26OS/c1-3-5-7-10-14-12-9-13-15(17(14)16)11-8-6-4-2/h9,12-14H,3-8,10-11H2,1-2H3. The molecular formula is C15H26OS. The maximum Gasteiger partial charge on any atom is 0.139 e. The third kappa shape index (κ3) is 5.31. The molecule has 0 bridgehead atoms. The maximum atomic E-state index is 12.3. The van der Waals surface area contributed by atoms with Gasteiger partial charge in [0, 0.05) is 6.42 Å². The monoisotopic (exact) mass is 254 g/mol. The molecule has 0 saturated carbocycles. The Hall–Kier alpha value is -0.210. The Balaban J connectivity index is 2.35. The minimum Gasteiger partial charge on any atom is -0.611 e. The number of allylic oxidation sites excluding steroid dienone is 3. The molecule has 2 unspecified atom stereocenters. The minimum atomic E-state index is -0.748. The van der Waals surface area contributed by atoms with Crippen molar-refractivity contribution in [2.75, 3.05) is 0 Å². The van der Waals surface area contributed by atoms with E-state index in [2.05, 4.69) is 32.1 Å². The maximum absolute atomic E-state index is 12.3. The molecule has 98 valence electrons. The van der Waals surface area contributed by atoms with Crippen molar-refractivity contribution in [3.63, 3.8) is 0 Å². The zero-order chi connectivity index (χ0) is 12.5. The summed E-state index contributed by atoms with van der Waals surface area (Å²) in [7, 11) is 0. The first kappa shape index (κ1) is 14.8. The summed E-state index contributed by atoms with van der Waals surface area (Å²) in [6.45, 7) is 4.42. The molecule has 0 saturated heterocycles. The fraction of sp³-hybridized carbons (Fsp3) is 0.733. The number of hydrogen-bond donors (Lipinski definition) is 0. The second kappa shape index (κ2) is 8.82. The Bertz CT molecular complexity index is 258. The van der Waals surface area contributed by atoms with Crippen molar-refractivity contribution in [2.45, 2.75) is 70.5 Å². The van der Waals surface area contributed by atoms with E-state index < -0.39 is 11.2 Å². The van der Waals surface area contributed by atoms with E-state index in [4.69, 9.17) is 0 Å². The van der Waals surface area contributed by atoms with Gasteiger partial charge in [-0.1, -0.05) is 45.6 Å². The van der Waals surface area contributed by atoms with Crippen LogP contribution in [-0.2, 0) is 11.2 Å². The summed E-state index contributed by atoms with van der Waals surface area (Å²) < 4.78 is 12.3. The first-order valence-electron chi connectivity index (χ1n) is 7.07. The lowest BCUT2D eigenvalue weighted by Crippen LogP contribution is -2.23. The normalized spacial score (nSPS) is 23.8. The van der Waals surface area contributed by atoms with Gasteiger partial charge in [0.2, 0.25) is 0 Å². The van der Waals surface area contributed by atoms with Gasteiger partial charge in [-0.3, -0.25) is 0 Å². The van der Waals surface area contributed by atoms with Crippen LogP contribution in [-0.4, -0.2) is 9.80 Å². The zero-order valence-electron chi connectivity index (χ0n) is 11.3. The van der Waals surface area contributed by atoms with Crippen LogP contribution in [0, 0.1) is 0 Å². The molecule has 0 aromatic carbocycles. The first-order valence-corrected chi connectivity index (χ1v) is 8.28. The average molecular weight is 254 g/mol. The molecule has 0 spiro atoms. The first-order chi connectivity index (χ1) is 8.29. The molecule has 0 aromatic heterocycles. The number of rotatable bonds is 8. The number of hydrogen-bond acceptors (Lipinski definition) is 1. The van der Waals surface area contributed by atoms with Crippen molar-refractivity contribution in [3.8, 4) is 0 Å². The van der Waals surface area contributed by atoms with Crippen LogP contribution in [0.25, 0.3) is 0 Å². The van der Waals surface area contributed by atoms with Crippen LogP contribution < -0.4 is 0 Å². The van der Waals surface area contributed by atoms with Gasteiger partial charge in [0.15, 0.2) is 0 Å². The summed E-state index contributed by atoms with van der Waals surface area (Å²) in [5.41, 5.74) is 0. The molecule has 2 atom stereocenters. The van der Waals surface area contributed by atoms with Crippen LogP contribution in [0.2, 0.25) is 0 Å². The topological polar surface area (TPSA) is 23.1 Å². The van der Waals surface area contributed by atoms with E-state index in [1.165, 1.54) is 43.4 Å². The molecular weight excluding hydrogens is 228 g/mol. The van der Waals surface area contributed by atoms with E-state index in [1.54, 1.807) is 0 Å². The quantitative estimate of drug-likeness (QED) is 0.454. The fourth-order valence-corrected chi connectivity index (χ4v) is 3.71. The summed E-state index contributed by atoms with van der Waals surface area (Å²) in [4.78, 5) is 1.17. The van der Waals surface area contributed by atoms with Crippen molar-refractivity contribution in [1.29, 1.82) is 0 Å². The third-order valence-electron chi connectivity index (χ3n) is 3.26. The molecule has 0 radical (unpaired) electrons. The van der Waals surface area contributed by atoms with E-state index >= 15 is 0 Å². The van der Waals surface area contributed by atoms with Crippen molar-refractivity contribution in [2.24, 2.45) is 0 Å². The van der Waals surface area contributed by atoms with Gasteiger partial charge in [0.05, 0.1) is 0 Å². The van der Waals surface area contributed by atoms with Crippen molar-refractivity contribution in [3.05, 3.63) is 23.1 Å². The molecule has 1 aliphatic heterocycles. The van der Waals surface area contributed by atoms with Crippen LogP contribution in [0.1, 0.15) is 65.2 Å². The van der Waals surface area contributed by atoms with Gasteiger partial charge in [-0.25, -0.2) is 0 Å². The predicted molar refractivity (Wildman–Crippen MR) is 77.4 cm³/mol. The van der Waals surface area contributed by atoms with Crippen LogP contribution in [0.4, 0.5) is 0 Å². The molecule has 0 aliphatic carbocycles. The molecule has 0 aromatic rings. The predicted octanol–water partition coefficient (Wildman–Crippen LogP) is 4.72. The molecule has 0 fully saturated rings. The summed E-state index contributed by atoms with van der Waals surface area (Å²) in [5.74, 6) is 0. The lowest BCUT2D eigenvalue weighted by atomic mass is 10.1. The minimum absolute atomic E-state index is 0.281. The van der Waals surface area contributed by atoms with Gasteiger partial charge in [0.1, 0.15) is 10.2 Å². The molecule has 1 heterocycles. The highest BCUT2D eigenvalue weighted by atomic mass is 32.2. The van der Waals surface area contributed by atoms with Crippen molar-refractivity contribution >= 4 is 11.2 Å². The van der Waals surface area contributed by atoms with Crippen LogP contribution >= 0.6 is 0 Å². The number of unbranched alkanes of at least 4 members (excludes halogenated alkanes) is 4. The van der Waals surface area contributed by atoms with Crippen molar-refractivity contribution < 1.29 is 4.55 Å². The molecule has 2 heteroatoms. The van der Waals surface area contributed by atoms with E-state index in [0.717, 1.165) is 12.8 Å². The van der Waals surface area contributed by atoms with Gasteiger partial charge < -0.3 is 4.55 Å². The van der Waals surface area contributed by atoms with Crippen LogP contribution in [0.15, 0.2) is 23.1 Å². The summed E-state index contributed by atoms with van der Waals surface area (Å²) in [6, 6.07) is 0. The third-order valence-corrected chi connectivity index (χ3v) is 5.06. The largest absolute Gasteiger partial charge is 0.611 e. The van der Waals surface area contributed by atoms with Gasteiger partial charge in [-0.2, -0.15) is 0 Å². The van der Waals surface area contributed by atoms with Crippen molar-refractivity contribution in [1.82, 2.24) is 0 Å². The molecule has 0 amide bonds. The van der Waals surface area contributed by atoms with Gasteiger partial charge in [-0.05, 0) is 42.6 Å². The summed E-state index contributed by atoms with van der Waals surface area (Å²) in [5, 5.41) is 0.281.